The molecule has 0 fully saturated rings. The summed E-state index contributed by atoms with van der Waals surface area (Å²) >= 11 is 2.91. The number of carbonyl (C=O) groups excluding carboxylic acids is 2. The van der Waals surface area contributed by atoms with Gasteiger partial charge in [0.1, 0.15) is 0 Å². The fourth-order valence-corrected chi connectivity index (χ4v) is 2.50. The van der Waals surface area contributed by atoms with Crippen molar-refractivity contribution >= 4 is 35.5 Å². The Labute approximate surface area is 161 Å². The molecule has 0 N–H and O–H groups in total. The third-order valence-corrected chi connectivity index (χ3v) is 5.34. The van der Waals surface area contributed by atoms with Gasteiger partial charge in [0.2, 0.25) is 0 Å². The minimum atomic E-state index is -0.210. The molecule has 0 aliphatic heterocycles. The molecule has 2 unspecified atom stereocenters. The zero-order chi connectivity index (χ0) is 19.3. The molecule has 0 spiro atoms. The van der Waals surface area contributed by atoms with Gasteiger partial charge in [-0.1, -0.05) is 27.7 Å². The van der Waals surface area contributed by atoms with E-state index in [0.717, 1.165) is 12.8 Å². The monoisotopic (exact) mass is 394 g/mol. The summed E-state index contributed by atoms with van der Waals surface area (Å²) in [6.45, 7) is 9.96. The fourth-order valence-electron chi connectivity index (χ4n) is 1.86. The summed E-state index contributed by atoms with van der Waals surface area (Å²) in [4.78, 5) is 23.1. The highest BCUT2D eigenvalue weighted by Gasteiger charge is 2.29. The molecule has 5 nitrogen and oxygen atoms in total. The van der Waals surface area contributed by atoms with Crippen LogP contribution in [0.15, 0.2) is 0 Å². The molecule has 0 aromatic carbocycles. The van der Waals surface area contributed by atoms with E-state index in [1.165, 1.54) is 23.5 Å². The smallest absolute Gasteiger partial charge is 0.315 e. The zero-order valence-electron chi connectivity index (χ0n) is 16.5. The molecule has 148 valence electrons. The zero-order valence-corrected chi connectivity index (χ0v) is 18.1. The van der Waals surface area contributed by atoms with Crippen LogP contribution in [0, 0.1) is 10.8 Å². The van der Waals surface area contributed by atoms with Crippen LogP contribution in [0.1, 0.15) is 40.5 Å². The van der Waals surface area contributed by atoms with Gasteiger partial charge in [-0.2, -0.15) is 23.5 Å². The van der Waals surface area contributed by atoms with Crippen molar-refractivity contribution in [3.8, 4) is 0 Å². The van der Waals surface area contributed by atoms with Gasteiger partial charge in [-0.05, 0) is 25.4 Å². The van der Waals surface area contributed by atoms with E-state index in [0.29, 0.717) is 37.9 Å². The first-order valence-corrected chi connectivity index (χ1v) is 11.4. The molecule has 0 saturated carbocycles. The number of esters is 2. The normalized spacial score (nSPS) is 15.9. The van der Waals surface area contributed by atoms with Gasteiger partial charge >= 0.3 is 11.9 Å². The van der Waals surface area contributed by atoms with Crippen molar-refractivity contribution in [1.29, 1.82) is 0 Å². The molecule has 0 rings (SSSR count). The first-order chi connectivity index (χ1) is 11.7. The Morgan fingerprint density at radius 1 is 0.760 bits per heavy atom. The predicted molar refractivity (Wildman–Crippen MR) is 106 cm³/mol. The van der Waals surface area contributed by atoms with Crippen LogP contribution in [0.25, 0.3) is 0 Å². The summed E-state index contributed by atoms with van der Waals surface area (Å²) in [5.74, 6) is 0.365. The molecule has 25 heavy (non-hydrogen) atoms. The standard InChI is InChI=1S/C18H34O5S2/c1-7-17(3,13-22-15(19)9-24-5)11-21-12-18(4,8-2)14-23-16(20)10-25-6/h7-14H2,1-6H3. The molecule has 2 atom stereocenters. The minimum absolute atomic E-state index is 0.189. The van der Waals surface area contributed by atoms with Crippen molar-refractivity contribution in [3.05, 3.63) is 0 Å². The summed E-state index contributed by atoms with van der Waals surface area (Å²) in [6, 6.07) is 0. The number of rotatable bonds is 14. The average Bonchev–Trinajstić information content (AvgIpc) is 2.59. The molecular formula is C18H34O5S2. The van der Waals surface area contributed by atoms with E-state index in [1.807, 2.05) is 12.5 Å². The van der Waals surface area contributed by atoms with Crippen LogP contribution in [-0.2, 0) is 23.8 Å². The SMILES string of the molecule is CCC(C)(COCC(C)(CC)COC(=O)CSC)COC(=O)CSC. The largest absolute Gasteiger partial charge is 0.464 e. The quantitative estimate of drug-likeness (QED) is 0.417. The third kappa shape index (κ3) is 11.0. The molecular weight excluding hydrogens is 360 g/mol. The van der Waals surface area contributed by atoms with Gasteiger partial charge in [0.15, 0.2) is 0 Å². The third-order valence-electron chi connectivity index (χ3n) is 4.30. The minimum Gasteiger partial charge on any atom is -0.464 e. The number of thioether (sulfide) groups is 2. The van der Waals surface area contributed by atoms with E-state index < -0.39 is 0 Å². The number of ether oxygens (including phenoxy) is 3. The second kappa shape index (κ2) is 12.9. The number of hydrogen-bond donors (Lipinski definition) is 0. The van der Waals surface area contributed by atoms with Crippen molar-refractivity contribution < 1.29 is 23.8 Å². The maximum Gasteiger partial charge on any atom is 0.315 e. The lowest BCUT2D eigenvalue weighted by molar-refractivity contribution is -0.147. The van der Waals surface area contributed by atoms with Crippen molar-refractivity contribution in [1.82, 2.24) is 0 Å². The van der Waals surface area contributed by atoms with Crippen LogP contribution in [0.3, 0.4) is 0 Å². The van der Waals surface area contributed by atoms with Crippen molar-refractivity contribution in [2.45, 2.75) is 40.5 Å². The Balaban J connectivity index is 4.38. The summed E-state index contributed by atoms with van der Waals surface area (Å²) in [6.07, 6.45) is 5.46. The summed E-state index contributed by atoms with van der Waals surface area (Å²) in [7, 11) is 0. The molecule has 0 saturated heterocycles. The van der Waals surface area contributed by atoms with E-state index in [-0.39, 0.29) is 22.8 Å². The van der Waals surface area contributed by atoms with Gasteiger partial charge in [-0.3, -0.25) is 9.59 Å². The number of carbonyl (C=O) groups is 2. The second-order valence-electron chi connectivity index (χ2n) is 7.01. The van der Waals surface area contributed by atoms with E-state index in [4.69, 9.17) is 14.2 Å². The van der Waals surface area contributed by atoms with Gasteiger partial charge < -0.3 is 14.2 Å². The van der Waals surface area contributed by atoms with Crippen LogP contribution in [-0.4, -0.2) is 62.4 Å². The van der Waals surface area contributed by atoms with Crippen LogP contribution >= 0.6 is 23.5 Å². The topological polar surface area (TPSA) is 61.8 Å². The van der Waals surface area contributed by atoms with Gasteiger partial charge in [-0.25, -0.2) is 0 Å². The first kappa shape index (κ1) is 24.6. The van der Waals surface area contributed by atoms with Gasteiger partial charge in [0.05, 0.1) is 37.9 Å². The van der Waals surface area contributed by atoms with Crippen LogP contribution in [0.2, 0.25) is 0 Å². The maximum absolute atomic E-state index is 11.6. The second-order valence-corrected chi connectivity index (χ2v) is 8.74. The lowest BCUT2D eigenvalue weighted by Gasteiger charge is -2.32. The molecule has 0 aromatic heterocycles. The molecule has 0 aromatic rings. The molecule has 0 amide bonds. The maximum atomic E-state index is 11.6. The van der Waals surface area contributed by atoms with Gasteiger partial charge in [-0.15, -0.1) is 0 Å². The van der Waals surface area contributed by atoms with Crippen LogP contribution in [0.4, 0.5) is 0 Å². The highest BCUT2D eigenvalue weighted by Crippen LogP contribution is 2.26. The Kier molecular flexibility index (Phi) is 12.7. The van der Waals surface area contributed by atoms with Gasteiger partial charge in [0.25, 0.3) is 0 Å². The Morgan fingerprint density at radius 3 is 1.40 bits per heavy atom. The predicted octanol–water partition coefficient (Wildman–Crippen LogP) is 3.65. The van der Waals surface area contributed by atoms with Crippen molar-refractivity contribution in [2.24, 2.45) is 10.8 Å². The first-order valence-electron chi connectivity index (χ1n) is 8.61. The van der Waals surface area contributed by atoms with E-state index in [2.05, 4.69) is 27.7 Å². The molecule has 0 heterocycles. The van der Waals surface area contributed by atoms with E-state index in [9.17, 15) is 9.59 Å². The highest BCUT2D eigenvalue weighted by atomic mass is 32.2. The Hall–Kier alpha value is -0.400. The number of hydrogen-bond acceptors (Lipinski definition) is 7. The molecule has 0 bridgehead atoms. The summed E-state index contributed by atoms with van der Waals surface area (Å²) in [5.41, 5.74) is -0.420. The fraction of sp³-hybridized carbons (Fsp3) is 0.889. The highest BCUT2D eigenvalue weighted by molar-refractivity contribution is 7.99. The van der Waals surface area contributed by atoms with Crippen LogP contribution in [0.5, 0.6) is 0 Å². The molecule has 7 heteroatoms. The van der Waals surface area contributed by atoms with Crippen molar-refractivity contribution in [2.75, 3.05) is 50.4 Å². The molecule has 0 radical (unpaired) electrons. The summed E-state index contributed by atoms with van der Waals surface area (Å²) in [5, 5.41) is 0. The summed E-state index contributed by atoms with van der Waals surface area (Å²) < 4.78 is 16.6. The lowest BCUT2D eigenvalue weighted by atomic mass is 9.88. The van der Waals surface area contributed by atoms with Crippen LogP contribution < -0.4 is 0 Å². The Bertz CT molecular complexity index is 369. The molecule has 0 aliphatic carbocycles. The van der Waals surface area contributed by atoms with E-state index >= 15 is 0 Å². The molecule has 0 aliphatic rings. The van der Waals surface area contributed by atoms with Crippen molar-refractivity contribution in [3.63, 3.8) is 0 Å². The average molecular weight is 395 g/mol. The lowest BCUT2D eigenvalue weighted by Crippen LogP contribution is -2.35. The Morgan fingerprint density at radius 2 is 1.12 bits per heavy atom. The van der Waals surface area contributed by atoms with Gasteiger partial charge in [0, 0.05) is 10.8 Å². The van der Waals surface area contributed by atoms with E-state index in [1.54, 1.807) is 0 Å².